The van der Waals surface area contributed by atoms with Crippen molar-refractivity contribution in [3.8, 4) is 0 Å². The molecule has 2 aliphatic rings. The lowest BCUT2D eigenvalue weighted by Crippen LogP contribution is -2.58. The highest BCUT2D eigenvalue weighted by Gasteiger charge is 2.45. The lowest BCUT2D eigenvalue weighted by Gasteiger charge is -2.38. The van der Waals surface area contributed by atoms with E-state index in [1.807, 2.05) is 30.3 Å². The van der Waals surface area contributed by atoms with Crippen molar-refractivity contribution in [1.82, 2.24) is 10.2 Å². The summed E-state index contributed by atoms with van der Waals surface area (Å²) in [4.78, 5) is 14.3. The summed E-state index contributed by atoms with van der Waals surface area (Å²) in [6, 6.07) is 9.86. The Morgan fingerprint density at radius 1 is 1.29 bits per heavy atom. The fourth-order valence-corrected chi connectivity index (χ4v) is 2.87. The van der Waals surface area contributed by atoms with E-state index in [1.165, 1.54) is 0 Å². The predicted molar refractivity (Wildman–Crippen MR) is 79.2 cm³/mol. The van der Waals surface area contributed by atoms with Crippen molar-refractivity contribution in [2.75, 3.05) is 32.8 Å². The second-order valence-electron chi connectivity index (χ2n) is 5.88. The zero-order chi connectivity index (χ0) is 14.7. The average Bonchev–Trinajstić information content (AvgIpc) is 3.32. The molecule has 1 heterocycles. The predicted octanol–water partition coefficient (Wildman–Crippen LogP) is 1.05. The van der Waals surface area contributed by atoms with Gasteiger partial charge in [-0.3, -0.25) is 10.2 Å². The molecular formula is C16H22N2O3. The monoisotopic (exact) mass is 290 g/mol. The zero-order valence-electron chi connectivity index (χ0n) is 12.1. The minimum absolute atomic E-state index is 0.322. The highest BCUT2D eigenvalue weighted by Crippen LogP contribution is 2.30. The van der Waals surface area contributed by atoms with Gasteiger partial charge in [0.15, 0.2) is 5.54 Å². The summed E-state index contributed by atoms with van der Waals surface area (Å²) in [5.41, 5.74) is -0.198. The molecule has 1 atom stereocenters. The summed E-state index contributed by atoms with van der Waals surface area (Å²) in [5, 5.41) is 13.3. The Morgan fingerprint density at radius 2 is 1.95 bits per heavy atom. The Kier molecular flexibility index (Phi) is 4.24. The smallest absolute Gasteiger partial charge is 0.329 e. The lowest BCUT2D eigenvalue weighted by molar-refractivity contribution is -0.147. The second-order valence-corrected chi connectivity index (χ2v) is 5.88. The highest BCUT2D eigenvalue weighted by molar-refractivity contribution is 5.81. The maximum atomic E-state index is 12.1. The molecule has 0 aromatic heterocycles. The number of hydrogen-bond acceptors (Lipinski definition) is 4. The fourth-order valence-electron chi connectivity index (χ4n) is 2.87. The van der Waals surface area contributed by atoms with Crippen LogP contribution >= 0.6 is 0 Å². The van der Waals surface area contributed by atoms with Crippen LogP contribution in [0.15, 0.2) is 30.3 Å². The Morgan fingerprint density at radius 3 is 2.52 bits per heavy atom. The molecule has 1 unspecified atom stereocenters. The van der Waals surface area contributed by atoms with Gasteiger partial charge in [-0.25, -0.2) is 4.79 Å². The Labute approximate surface area is 124 Å². The number of carbonyl (C=O) groups is 1. The molecule has 2 fully saturated rings. The van der Waals surface area contributed by atoms with Crippen molar-refractivity contribution in [1.29, 1.82) is 0 Å². The maximum absolute atomic E-state index is 12.1. The van der Waals surface area contributed by atoms with Gasteiger partial charge >= 0.3 is 5.97 Å². The minimum Gasteiger partial charge on any atom is -0.480 e. The molecule has 3 rings (SSSR count). The van der Waals surface area contributed by atoms with E-state index in [-0.39, 0.29) is 0 Å². The molecular weight excluding hydrogens is 268 g/mol. The number of ether oxygens (including phenoxy) is 1. The van der Waals surface area contributed by atoms with Crippen LogP contribution in [-0.4, -0.2) is 54.9 Å². The summed E-state index contributed by atoms with van der Waals surface area (Å²) in [5.74, 6) is -0.799. The standard InChI is InChI=1S/C16H22N2O3/c19-15(20)16(17-14-6-7-14,13-4-2-1-3-5-13)12-18-8-10-21-11-9-18/h1-5,14,17H,6-12H2,(H,19,20). The number of benzene rings is 1. The first-order valence-corrected chi connectivity index (χ1v) is 7.57. The van der Waals surface area contributed by atoms with E-state index in [0.29, 0.717) is 25.8 Å². The molecule has 1 aromatic rings. The third-order valence-electron chi connectivity index (χ3n) is 4.22. The van der Waals surface area contributed by atoms with E-state index in [1.54, 1.807) is 0 Å². The van der Waals surface area contributed by atoms with Crippen LogP contribution in [-0.2, 0) is 15.1 Å². The summed E-state index contributed by atoms with van der Waals surface area (Å²) in [6.07, 6.45) is 2.12. The van der Waals surface area contributed by atoms with Gasteiger partial charge in [0.2, 0.25) is 0 Å². The quantitative estimate of drug-likeness (QED) is 0.820. The molecule has 1 aromatic carbocycles. The third-order valence-corrected chi connectivity index (χ3v) is 4.22. The van der Waals surface area contributed by atoms with Crippen LogP contribution in [0.5, 0.6) is 0 Å². The van der Waals surface area contributed by atoms with Gasteiger partial charge in [0, 0.05) is 25.7 Å². The molecule has 5 heteroatoms. The van der Waals surface area contributed by atoms with Crippen molar-refractivity contribution in [2.45, 2.75) is 24.4 Å². The number of carboxylic acids is 1. The number of nitrogens with one attached hydrogen (secondary N) is 1. The van der Waals surface area contributed by atoms with Crippen LogP contribution < -0.4 is 5.32 Å². The molecule has 2 N–H and O–H groups in total. The normalized spacial score (nSPS) is 22.7. The molecule has 5 nitrogen and oxygen atoms in total. The average molecular weight is 290 g/mol. The molecule has 1 aliphatic carbocycles. The zero-order valence-corrected chi connectivity index (χ0v) is 12.1. The summed E-state index contributed by atoms with van der Waals surface area (Å²) >= 11 is 0. The van der Waals surface area contributed by atoms with Gasteiger partial charge in [0.05, 0.1) is 13.2 Å². The number of hydrogen-bond donors (Lipinski definition) is 2. The fraction of sp³-hybridized carbons (Fsp3) is 0.562. The lowest BCUT2D eigenvalue weighted by atomic mass is 9.88. The van der Waals surface area contributed by atoms with Crippen LogP contribution in [0.3, 0.4) is 0 Å². The number of morpholine rings is 1. The van der Waals surface area contributed by atoms with Crippen molar-refractivity contribution >= 4 is 5.97 Å². The van der Waals surface area contributed by atoms with Crippen molar-refractivity contribution in [3.05, 3.63) is 35.9 Å². The van der Waals surface area contributed by atoms with E-state index < -0.39 is 11.5 Å². The molecule has 21 heavy (non-hydrogen) atoms. The van der Waals surface area contributed by atoms with Crippen LogP contribution in [0.1, 0.15) is 18.4 Å². The minimum atomic E-state index is -1.03. The summed E-state index contributed by atoms with van der Waals surface area (Å²) < 4.78 is 5.36. The number of aliphatic carboxylic acids is 1. The van der Waals surface area contributed by atoms with Gasteiger partial charge in [-0.15, -0.1) is 0 Å². The number of carboxylic acid groups (broad SMARTS) is 1. The van der Waals surface area contributed by atoms with Gasteiger partial charge in [0.25, 0.3) is 0 Å². The van der Waals surface area contributed by atoms with Crippen LogP contribution in [0.2, 0.25) is 0 Å². The summed E-state index contributed by atoms with van der Waals surface area (Å²) in [6.45, 7) is 3.40. The van der Waals surface area contributed by atoms with Gasteiger partial charge in [-0.05, 0) is 18.4 Å². The molecule has 0 radical (unpaired) electrons. The van der Waals surface area contributed by atoms with E-state index in [0.717, 1.165) is 31.5 Å². The first kappa shape index (κ1) is 14.5. The van der Waals surface area contributed by atoms with E-state index in [4.69, 9.17) is 4.74 Å². The van der Waals surface area contributed by atoms with Crippen LogP contribution in [0.4, 0.5) is 0 Å². The SMILES string of the molecule is O=C(O)C(CN1CCOCC1)(NC1CC1)c1ccccc1. The molecule has 0 spiro atoms. The summed E-state index contributed by atoms with van der Waals surface area (Å²) in [7, 11) is 0. The van der Waals surface area contributed by atoms with Gasteiger partial charge < -0.3 is 9.84 Å². The van der Waals surface area contributed by atoms with E-state index in [9.17, 15) is 9.90 Å². The topological polar surface area (TPSA) is 61.8 Å². The Hall–Kier alpha value is -1.43. The van der Waals surface area contributed by atoms with Crippen molar-refractivity contribution in [3.63, 3.8) is 0 Å². The van der Waals surface area contributed by atoms with Crippen LogP contribution in [0, 0.1) is 0 Å². The van der Waals surface area contributed by atoms with E-state index in [2.05, 4.69) is 10.2 Å². The van der Waals surface area contributed by atoms with Crippen molar-refractivity contribution in [2.24, 2.45) is 0 Å². The molecule has 114 valence electrons. The Balaban J connectivity index is 1.89. The third kappa shape index (κ3) is 3.26. The highest BCUT2D eigenvalue weighted by atomic mass is 16.5. The van der Waals surface area contributed by atoms with Gasteiger partial charge in [-0.1, -0.05) is 30.3 Å². The largest absolute Gasteiger partial charge is 0.480 e. The Bertz CT molecular complexity index is 484. The first-order valence-electron chi connectivity index (χ1n) is 7.57. The maximum Gasteiger partial charge on any atom is 0.329 e. The van der Waals surface area contributed by atoms with Crippen molar-refractivity contribution < 1.29 is 14.6 Å². The molecule has 0 amide bonds. The molecule has 0 bridgehead atoms. The van der Waals surface area contributed by atoms with E-state index >= 15 is 0 Å². The molecule has 1 aliphatic heterocycles. The number of rotatable bonds is 6. The van der Waals surface area contributed by atoms with Crippen LogP contribution in [0.25, 0.3) is 0 Å². The molecule has 1 saturated carbocycles. The second kappa shape index (κ2) is 6.13. The first-order chi connectivity index (χ1) is 10.2. The van der Waals surface area contributed by atoms with Gasteiger partial charge in [-0.2, -0.15) is 0 Å². The van der Waals surface area contributed by atoms with Gasteiger partial charge in [0.1, 0.15) is 0 Å². The molecule has 1 saturated heterocycles. The number of nitrogens with zero attached hydrogens (tertiary/aromatic N) is 1.